The number of methoxy groups -OCH3 is 2. The van der Waals surface area contributed by atoms with Crippen molar-refractivity contribution in [1.82, 2.24) is 9.97 Å². The molecule has 1 heterocycles. The Kier molecular flexibility index (Phi) is 5.65. The molecule has 3 aromatic rings. The van der Waals surface area contributed by atoms with Gasteiger partial charge in [0.15, 0.2) is 0 Å². The van der Waals surface area contributed by atoms with E-state index < -0.39 is 10.7 Å². The highest BCUT2D eigenvalue weighted by Gasteiger charge is 2.30. The molecule has 28 heavy (non-hydrogen) atoms. The first kappa shape index (κ1) is 19.8. The highest BCUT2D eigenvalue weighted by molar-refractivity contribution is 7.82. The summed E-state index contributed by atoms with van der Waals surface area (Å²) in [6, 6.07) is 15.2. The summed E-state index contributed by atoms with van der Waals surface area (Å²) in [5.74, 6) is 1.06. The molecular weight excluding hydrogens is 376 g/mol. The van der Waals surface area contributed by atoms with E-state index in [9.17, 15) is 9.90 Å². The number of ether oxygens (including phenoxy) is 2. The predicted octanol–water partition coefficient (Wildman–Crippen LogP) is 4.08. The van der Waals surface area contributed by atoms with Crippen LogP contribution in [0.25, 0.3) is 22.5 Å². The monoisotopic (exact) mass is 398 g/mol. The summed E-state index contributed by atoms with van der Waals surface area (Å²) < 4.78 is 9.22. The molecule has 6 nitrogen and oxygen atoms in total. The van der Waals surface area contributed by atoms with E-state index in [4.69, 9.17) is 9.47 Å². The normalized spacial score (nSPS) is 13.0. The van der Waals surface area contributed by atoms with Gasteiger partial charge in [0.1, 0.15) is 22.1 Å². The number of aromatic nitrogens is 2. The lowest BCUT2D eigenvalue weighted by atomic mass is 10.0. The van der Waals surface area contributed by atoms with Gasteiger partial charge in [0.05, 0.1) is 25.6 Å². The van der Waals surface area contributed by atoms with E-state index in [0.29, 0.717) is 5.82 Å². The average molecular weight is 398 g/mol. The van der Waals surface area contributed by atoms with Crippen molar-refractivity contribution in [3.05, 3.63) is 54.4 Å². The lowest BCUT2D eigenvalue weighted by molar-refractivity contribution is -0.139. The van der Waals surface area contributed by atoms with E-state index in [1.165, 1.54) is 0 Å². The van der Waals surface area contributed by atoms with Crippen molar-refractivity contribution in [2.45, 2.75) is 18.1 Å². The molecule has 7 heteroatoms. The van der Waals surface area contributed by atoms with E-state index in [1.807, 2.05) is 48.5 Å². The van der Waals surface area contributed by atoms with Crippen molar-refractivity contribution in [2.75, 3.05) is 14.2 Å². The molecule has 1 unspecified atom stereocenters. The van der Waals surface area contributed by atoms with Crippen molar-refractivity contribution >= 4 is 18.6 Å². The Morgan fingerprint density at radius 3 is 2.00 bits per heavy atom. The third-order valence-electron chi connectivity index (χ3n) is 4.47. The van der Waals surface area contributed by atoms with Crippen LogP contribution in [0.1, 0.15) is 12.7 Å². The number of benzene rings is 2. The highest BCUT2D eigenvalue weighted by Crippen LogP contribution is 2.33. The number of nitrogens with zero attached hydrogens (tertiary/aromatic N) is 1. The van der Waals surface area contributed by atoms with Gasteiger partial charge in [0.25, 0.3) is 0 Å². The fraction of sp³-hybridized carbons (Fsp3) is 0.238. The van der Waals surface area contributed by atoms with Gasteiger partial charge in [-0.05, 0) is 55.5 Å². The summed E-state index contributed by atoms with van der Waals surface area (Å²) in [6.07, 6.45) is 0.157. The number of nitrogens with one attached hydrogen (secondary N) is 1. The van der Waals surface area contributed by atoms with E-state index in [2.05, 4.69) is 22.6 Å². The molecule has 0 bridgehead atoms. The summed E-state index contributed by atoms with van der Waals surface area (Å²) in [6.45, 7) is 1.56. The topological polar surface area (TPSA) is 84.4 Å². The Morgan fingerprint density at radius 2 is 1.54 bits per heavy atom. The van der Waals surface area contributed by atoms with E-state index in [1.54, 1.807) is 21.1 Å². The number of hydrogen-bond donors (Lipinski definition) is 3. The fourth-order valence-electron chi connectivity index (χ4n) is 2.83. The van der Waals surface area contributed by atoms with Gasteiger partial charge in [-0.3, -0.25) is 4.79 Å². The maximum Gasteiger partial charge on any atom is 0.319 e. The van der Waals surface area contributed by atoms with Gasteiger partial charge in [0, 0.05) is 17.5 Å². The first-order valence-electron chi connectivity index (χ1n) is 8.67. The van der Waals surface area contributed by atoms with Crippen molar-refractivity contribution in [3.63, 3.8) is 0 Å². The highest BCUT2D eigenvalue weighted by atomic mass is 32.1. The number of carbonyl (C=O) groups is 1. The molecule has 2 aromatic carbocycles. The minimum atomic E-state index is -1.23. The Morgan fingerprint density at radius 1 is 1.04 bits per heavy atom. The molecule has 2 N–H and O–H groups in total. The summed E-state index contributed by atoms with van der Waals surface area (Å²) in [5.41, 5.74) is 3.35. The van der Waals surface area contributed by atoms with Gasteiger partial charge in [-0.25, -0.2) is 4.98 Å². The quantitative estimate of drug-likeness (QED) is 0.522. The van der Waals surface area contributed by atoms with Crippen LogP contribution < -0.4 is 9.47 Å². The van der Waals surface area contributed by atoms with Crippen LogP contribution in [-0.2, 0) is 11.2 Å². The van der Waals surface area contributed by atoms with Crippen molar-refractivity contribution in [1.29, 1.82) is 0 Å². The lowest BCUT2D eigenvalue weighted by Gasteiger charge is -2.15. The minimum absolute atomic E-state index is 0.157. The van der Waals surface area contributed by atoms with E-state index in [-0.39, 0.29) is 6.42 Å². The molecule has 0 aliphatic heterocycles. The summed E-state index contributed by atoms with van der Waals surface area (Å²) in [7, 11) is 3.23. The number of imidazole rings is 1. The van der Waals surface area contributed by atoms with Gasteiger partial charge < -0.3 is 19.6 Å². The molecule has 146 valence electrons. The summed E-state index contributed by atoms with van der Waals surface area (Å²) in [5, 5.41) is 9.38. The largest absolute Gasteiger partial charge is 0.497 e. The van der Waals surface area contributed by atoms with Gasteiger partial charge in [-0.15, -0.1) is 0 Å². The fourth-order valence-corrected chi connectivity index (χ4v) is 2.98. The number of carboxylic acids is 1. The van der Waals surface area contributed by atoms with Gasteiger partial charge in [-0.1, -0.05) is 0 Å². The average Bonchev–Trinajstić information content (AvgIpc) is 3.11. The van der Waals surface area contributed by atoms with Crippen LogP contribution in [0.3, 0.4) is 0 Å². The molecule has 1 aromatic heterocycles. The molecule has 0 radical (unpaired) electrons. The third-order valence-corrected chi connectivity index (χ3v) is 4.82. The van der Waals surface area contributed by atoms with Crippen LogP contribution in [0.4, 0.5) is 0 Å². The smallest absolute Gasteiger partial charge is 0.319 e. The minimum Gasteiger partial charge on any atom is -0.497 e. The second-order valence-corrected chi connectivity index (χ2v) is 7.61. The van der Waals surface area contributed by atoms with Gasteiger partial charge in [-0.2, -0.15) is 12.6 Å². The van der Waals surface area contributed by atoms with Crippen LogP contribution in [0.15, 0.2) is 48.5 Å². The number of rotatable bonds is 7. The molecule has 3 rings (SSSR count). The van der Waals surface area contributed by atoms with E-state index in [0.717, 1.165) is 34.0 Å². The Hall–Kier alpha value is -2.93. The molecule has 0 saturated heterocycles. The summed E-state index contributed by atoms with van der Waals surface area (Å²) in [4.78, 5) is 19.4. The first-order valence-corrected chi connectivity index (χ1v) is 9.12. The molecule has 0 amide bonds. The SMILES string of the molecule is COc1ccc(-c2nc(CC(C)(S)C(=O)O)[nH]c2-c2ccc(OC)cc2)cc1. The van der Waals surface area contributed by atoms with Crippen LogP contribution in [0.2, 0.25) is 0 Å². The zero-order chi connectivity index (χ0) is 20.3. The molecule has 0 fully saturated rings. The number of aromatic amines is 1. The number of carboxylic acid groups (broad SMARTS) is 1. The maximum absolute atomic E-state index is 11.5. The van der Waals surface area contributed by atoms with Crippen LogP contribution in [0, 0.1) is 0 Å². The molecule has 0 saturated carbocycles. The second-order valence-electron chi connectivity index (χ2n) is 6.62. The Labute approximate surface area is 169 Å². The number of H-pyrrole nitrogens is 1. The molecule has 1 atom stereocenters. The molecule has 0 aliphatic rings. The number of aliphatic carboxylic acids is 1. The van der Waals surface area contributed by atoms with Crippen LogP contribution in [-0.4, -0.2) is 40.0 Å². The first-order chi connectivity index (χ1) is 13.3. The number of hydrogen-bond acceptors (Lipinski definition) is 5. The van der Waals surface area contributed by atoms with Crippen molar-refractivity contribution < 1.29 is 19.4 Å². The summed E-state index contributed by atoms with van der Waals surface area (Å²) >= 11 is 4.27. The standard InChI is InChI=1S/C21H22N2O4S/c1-21(28,20(24)25)12-17-22-18(13-4-8-15(26-2)9-5-13)19(23-17)14-6-10-16(27-3)11-7-14/h4-11,28H,12H2,1-3H3,(H,22,23)(H,24,25). The van der Waals surface area contributed by atoms with Crippen LogP contribution in [0.5, 0.6) is 11.5 Å². The number of thiol groups is 1. The zero-order valence-corrected chi connectivity index (χ0v) is 16.8. The second kappa shape index (κ2) is 7.98. The molecular formula is C21H22N2O4S. The Bertz CT molecular complexity index is 898. The molecule has 0 spiro atoms. The maximum atomic E-state index is 11.5. The van der Waals surface area contributed by atoms with E-state index >= 15 is 0 Å². The van der Waals surface area contributed by atoms with Crippen molar-refractivity contribution in [3.8, 4) is 34.0 Å². The van der Waals surface area contributed by atoms with Gasteiger partial charge >= 0.3 is 5.97 Å². The predicted molar refractivity (Wildman–Crippen MR) is 111 cm³/mol. The van der Waals surface area contributed by atoms with Gasteiger partial charge in [0.2, 0.25) is 0 Å². The van der Waals surface area contributed by atoms with Crippen LogP contribution >= 0.6 is 12.6 Å². The molecule has 0 aliphatic carbocycles. The third kappa shape index (κ3) is 4.14. The lowest BCUT2D eigenvalue weighted by Crippen LogP contribution is -2.31. The Balaban J connectivity index is 2.07. The van der Waals surface area contributed by atoms with Crippen molar-refractivity contribution in [2.24, 2.45) is 0 Å². The zero-order valence-electron chi connectivity index (χ0n) is 15.9.